The van der Waals surface area contributed by atoms with Crippen molar-refractivity contribution in [2.75, 3.05) is 0 Å². The summed E-state index contributed by atoms with van der Waals surface area (Å²) < 4.78 is 12.8. The number of carbonyl (C=O) groups excluding carboxylic acids is 1. The molecular weight excluding hydrogens is 685 g/mol. The van der Waals surface area contributed by atoms with Crippen molar-refractivity contribution in [1.82, 2.24) is 0 Å². The smallest absolute Gasteiger partial charge is 0.147 e. The maximum Gasteiger partial charge on any atom is 0.147 e. The minimum atomic E-state index is -0.331. The molecule has 0 N–H and O–H groups in total. The van der Waals surface area contributed by atoms with Gasteiger partial charge in [0.15, 0.2) is 0 Å². The van der Waals surface area contributed by atoms with E-state index in [-0.39, 0.29) is 17.6 Å². The monoisotopic (exact) mass is 730 g/mol. The van der Waals surface area contributed by atoms with Gasteiger partial charge in [-0.2, -0.15) is 0 Å². The maximum atomic E-state index is 15.2. The van der Waals surface area contributed by atoms with Crippen LogP contribution in [0.1, 0.15) is 58.1 Å². The predicted molar refractivity (Wildman–Crippen MR) is 229 cm³/mol. The average Bonchev–Trinajstić information content (AvgIpc) is 3.26. The van der Waals surface area contributed by atoms with E-state index in [0.29, 0.717) is 26.1 Å². The van der Waals surface area contributed by atoms with E-state index in [2.05, 4.69) is 158 Å². The zero-order valence-electron chi connectivity index (χ0n) is 31.6. The van der Waals surface area contributed by atoms with E-state index in [4.69, 9.17) is 9.47 Å². The number of ether oxygens (including phenoxy) is 2. The summed E-state index contributed by atoms with van der Waals surface area (Å²) in [5.74, 6) is 1.08. The van der Waals surface area contributed by atoms with Crippen LogP contribution in [-0.4, -0.2) is 5.78 Å². The fraction of sp³-hybridized carbons (Fsp3) is 0.151. The third kappa shape index (κ3) is 9.25. The normalized spacial score (nSPS) is 12.3. The largest absolute Gasteiger partial charge is 0.489 e. The lowest BCUT2D eigenvalue weighted by Crippen LogP contribution is -2.22. The maximum absolute atomic E-state index is 15.2. The second-order valence-electron chi connectivity index (χ2n) is 14.6. The number of fused-ring (bicyclic) bond motifs is 2. The molecule has 2 atom stereocenters. The van der Waals surface area contributed by atoms with E-state index >= 15 is 4.79 Å². The van der Waals surface area contributed by atoms with E-state index < -0.39 is 0 Å². The van der Waals surface area contributed by atoms with Gasteiger partial charge < -0.3 is 9.47 Å². The van der Waals surface area contributed by atoms with Crippen LogP contribution in [0.3, 0.4) is 0 Å². The minimum absolute atomic E-state index is 0.218. The Bertz CT molecular complexity index is 2350. The predicted octanol–water partition coefficient (Wildman–Crippen LogP) is 12.9. The summed E-state index contributed by atoms with van der Waals surface area (Å²) in [7, 11) is 0. The summed E-state index contributed by atoms with van der Waals surface area (Å²) >= 11 is 0. The molecule has 56 heavy (non-hydrogen) atoms. The lowest BCUT2D eigenvalue weighted by atomic mass is 9.78. The third-order valence-electron chi connectivity index (χ3n) is 10.8. The second kappa shape index (κ2) is 17.8. The lowest BCUT2D eigenvalue weighted by molar-refractivity contribution is -0.122. The van der Waals surface area contributed by atoms with E-state index in [1.807, 2.05) is 36.4 Å². The number of rotatable bonds is 16. The molecule has 3 heteroatoms. The Balaban J connectivity index is 1.07. The van der Waals surface area contributed by atoms with Gasteiger partial charge in [-0.1, -0.05) is 158 Å². The summed E-state index contributed by atoms with van der Waals surface area (Å²) in [6.45, 7) is 0.894. The van der Waals surface area contributed by atoms with Crippen LogP contribution >= 0.6 is 0 Å². The van der Waals surface area contributed by atoms with Crippen LogP contribution in [0, 0.1) is 0 Å². The van der Waals surface area contributed by atoms with Gasteiger partial charge in [0, 0.05) is 11.8 Å². The summed E-state index contributed by atoms with van der Waals surface area (Å²) in [6, 6.07) is 66.9. The van der Waals surface area contributed by atoms with Gasteiger partial charge in [-0.05, 0) is 117 Å². The first-order valence-corrected chi connectivity index (χ1v) is 19.7. The minimum Gasteiger partial charge on any atom is -0.489 e. The van der Waals surface area contributed by atoms with E-state index in [9.17, 15) is 0 Å². The van der Waals surface area contributed by atoms with Crippen molar-refractivity contribution < 1.29 is 14.3 Å². The quantitative estimate of drug-likeness (QED) is 0.0993. The van der Waals surface area contributed by atoms with Gasteiger partial charge in [0.2, 0.25) is 0 Å². The first kappa shape index (κ1) is 36.5. The van der Waals surface area contributed by atoms with E-state index in [0.717, 1.165) is 46.6 Å². The van der Waals surface area contributed by atoms with Crippen molar-refractivity contribution in [3.63, 3.8) is 0 Å². The number of benzene rings is 8. The summed E-state index contributed by atoms with van der Waals surface area (Å²) in [6.07, 6.45) is 2.97. The molecule has 0 radical (unpaired) electrons. The van der Waals surface area contributed by atoms with Gasteiger partial charge in [-0.3, -0.25) is 4.79 Å². The Morgan fingerprint density at radius 2 is 0.786 bits per heavy atom. The molecular formula is C53H46O3. The Kier molecular flexibility index (Phi) is 11.6. The Hall–Kier alpha value is -6.45. The highest BCUT2D eigenvalue weighted by molar-refractivity contribution is 5.92. The molecule has 0 aliphatic carbocycles. The van der Waals surface area contributed by atoms with Crippen LogP contribution in [-0.2, 0) is 30.8 Å². The van der Waals surface area contributed by atoms with Gasteiger partial charge in [-0.25, -0.2) is 0 Å². The fourth-order valence-corrected chi connectivity index (χ4v) is 7.73. The molecule has 0 saturated heterocycles. The van der Waals surface area contributed by atoms with Crippen molar-refractivity contribution in [2.45, 2.75) is 50.7 Å². The first-order valence-electron chi connectivity index (χ1n) is 19.7. The number of aryl methyl sites for hydroxylation is 2. The van der Waals surface area contributed by atoms with Crippen LogP contribution in [0.2, 0.25) is 0 Å². The van der Waals surface area contributed by atoms with Crippen molar-refractivity contribution in [3.8, 4) is 11.5 Å². The molecule has 0 aliphatic heterocycles. The van der Waals surface area contributed by atoms with Crippen LogP contribution < -0.4 is 9.47 Å². The molecule has 8 aromatic carbocycles. The van der Waals surface area contributed by atoms with Gasteiger partial charge in [0.05, 0.1) is 0 Å². The molecule has 2 unspecified atom stereocenters. The lowest BCUT2D eigenvalue weighted by Gasteiger charge is -2.25. The highest BCUT2D eigenvalue weighted by Gasteiger charge is 2.30. The van der Waals surface area contributed by atoms with Crippen LogP contribution in [0.15, 0.2) is 194 Å². The Morgan fingerprint density at radius 3 is 1.23 bits per heavy atom. The molecule has 0 aromatic heterocycles. The second-order valence-corrected chi connectivity index (χ2v) is 14.6. The van der Waals surface area contributed by atoms with Crippen LogP contribution in [0.4, 0.5) is 0 Å². The van der Waals surface area contributed by atoms with E-state index in [1.54, 1.807) is 0 Å². The van der Waals surface area contributed by atoms with Crippen molar-refractivity contribution in [3.05, 3.63) is 228 Å². The van der Waals surface area contributed by atoms with Gasteiger partial charge in [0.1, 0.15) is 30.5 Å². The molecule has 0 aliphatic rings. The SMILES string of the molecule is O=C(C(CCc1ccccc1)c1cccc(OCc2ccc3ccccc3c2)c1)C(CCc1ccccc1)c1cccc(OCc2ccc3ccccc3c2)c1. The average molecular weight is 731 g/mol. The molecule has 3 nitrogen and oxygen atoms in total. The van der Waals surface area contributed by atoms with Crippen LogP contribution in [0.25, 0.3) is 21.5 Å². The van der Waals surface area contributed by atoms with Gasteiger partial charge in [0.25, 0.3) is 0 Å². The topological polar surface area (TPSA) is 35.5 Å². The van der Waals surface area contributed by atoms with Crippen molar-refractivity contribution >= 4 is 27.3 Å². The zero-order valence-corrected chi connectivity index (χ0v) is 31.6. The van der Waals surface area contributed by atoms with Gasteiger partial charge in [-0.15, -0.1) is 0 Å². The van der Waals surface area contributed by atoms with Crippen LogP contribution in [0.5, 0.6) is 11.5 Å². The molecule has 0 spiro atoms. The first-order chi connectivity index (χ1) is 27.6. The standard InChI is InChI=1S/C53H46O3/c54-53(51(31-27-39-13-3-1-4-14-39)47-21-11-23-49(35-47)55-37-41-25-29-43-17-7-9-19-45(43)33-41)52(32-28-40-15-5-2-6-16-40)48-22-12-24-50(36-48)56-38-42-26-30-44-18-8-10-20-46(44)34-42/h1-26,29-30,33-36,51-52H,27-28,31-32,37-38H2. The zero-order chi connectivity index (χ0) is 37.9. The molecule has 0 fully saturated rings. The molecule has 8 aromatic rings. The summed E-state index contributed by atoms with van der Waals surface area (Å²) in [5, 5.41) is 4.81. The number of ketones is 1. The van der Waals surface area contributed by atoms with E-state index in [1.165, 1.54) is 32.7 Å². The highest BCUT2D eigenvalue weighted by Crippen LogP contribution is 2.36. The number of hydrogen-bond acceptors (Lipinski definition) is 3. The Labute approximate surface area is 330 Å². The third-order valence-corrected chi connectivity index (χ3v) is 10.8. The Morgan fingerprint density at radius 1 is 0.375 bits per heavy atom. The molecule has 276 valence electrons. The number of carbonyl (C=O) groups is 1. The fourth-order valence-electron chi connectivity index (χ4n) is 7.73. The molecule has 0 heterocycles. The number of Topliss-reactive ketones (excluding diaryl/α,β-unsaturated/α-hetero) is 1. The molecule has 0 amide bonds. The molecule has 0 bridgehead atoms. The van der Waals surface area contributed by atoms with Crippen molar-refractivity contribution in [2.24, 2.45) is 0 Å². The summed E-state index contributed by atoms with van der Waals surface area (Å²) in [4.78, 5) is 15.2. The summed E-state index contributed by atoms with van der Waals surface area (Å²) in [5.41, 5.74) is 6.62. The molecule has 8 rings (SSSR count). The van der Waals surface area contributed by atoms with Gasteiger partial charge >= 0.3 is 0 Å². The highest BCUT2D eigenvalue weighted by atomic mass is 16.5. The van der Waals surface area contributed by atoms with Crippen molar-refractivity contribution in [1.29, 1.82) is 0 Å². The molecule has 0 saturated carbocycles. The number of hydrogen-bond donors (Lipinski definition) is 0.